The van der Waals surface area contributed by atoms with Crippen molar-refractivity contribution in [3.8, 4) is 0 Å². The first-order chi connectivity index (χ1) is 10.6. The van der Waals surface area contributed by atoms with Gasteiger partial charge in [-0.25, -0.2) is 4.39 Å². The summed E-state index contributed by atoms with van der Waals surface area (Å²) in [5, 5.41) is 2.82. The Bertz CT molecular complexity index is 730. The zero-order chi connectivity index (χ0) is 15.7. The van der Waals surface area contributed by atoms with E-state index >= 15 is 0 Å². The quantitative estimate of drug-likeness (QED) is 0.903. The van der Waals surface area contributed by atoms with Crippen LogP contribution in [0.15, 0.2) is 48.5 Å². The summed E-state index contributed by atoms with van der Waals surface area (Å²) in [5.41, 5.74) is 7.10. The van der Waals surface area contributed by atoms with Crippen LogP contribution in [-0.4, -0.2) is 18.4 Å². The van der Waals surface area contributed by atoms with Crippen molar-refractivity contribution in [3.05, 3.63) is 65.5 Å². The fourth-order valence-electron chi connectivity index (χ4n) is 2.59. The first-order valence-corrected chi connectivity index (χ1v) is 6.76. The van der Waals surface area contributed by atoms with Gasteiger partial charge in [0.25, 0.3) is 5.91 Å². The number of rotatable bonds is 3. The second-order valence-corrected chi connectivity index (χ2v) is 5.04. The zero-order valence-corrected chi connectivity index (χ0v) is 11.6. The van der Waals surface area contributed by atoms with Crippen molar-refractivity contribution in [3.63, 3.8) is 0 Å². The lowest BCUT2D eigenvalue weighted by Crippen LogP contribution is -2.49. The molecular formula is C16H14FN3O2. The molecule has 0 spiro atoms. The molecule has 0 fully saturated rings. The van der Waals surface area contributed by atoms with E-state index in [9.17, 15) is 14.0 Å². The molecular weight excluding hydrogens is 285 g/mol. The monoisotopic (exact) mass is 299 g/mol. The molecule has 0 bridgehead atoms. The number of nitrogens with two attached hydrogens (primary N) is 1. The molecule has 2 aromatic rings. The van der Waals surface area contributed by atoms with Gasteiger partial charge in [-0.05, 0) is 29.8 Å². The van der Waals surface area contributed by atoms with E-state index < -0.39 is 12.1 Å². The number of amides is 2. The highest BCUT2D eigenvalue weighted by Gasteiger charge is 2.32. The molecule has 3 N–H and O–H groups in total. The summed E-state index contributed by atoms with van der Waals surface area (Å²) in [6, 6.07) is 12.7. The highest BCUT2D eigenvalue weighted by Crippen LogP contribution is 2.32. The van der Waals surface area contributed by atoms with E-state index in [2.05, 4.69) is 5.32 Å². The smallest absolute Gasteiger partial charge is 0.255 e. The molecule has 1 unspecified atom stereocenters. The third-order valence-electron chi connectivity index (χ3n) is 3.55. The minimum atomic E-state index is -0.574. The van der Waals surface area contributed by atoms with Gasteiger partial charge in [0.2, 0.25) is 5.91 Å². The van der Waals surface area contributed by atoms with Gasteiger partial charge >= 0.3 is 0 Å². The van der Waals surface area contributed by atoms with Crippen LogP contribution in [0.5, 0.6) is 0 Å². The summed E-state index contributed by atoms with van der Waals surface area (Å²) in [7, 11) is 0. The summed E-state index contributed by atoms with van der Waals surface area (Å²) in [5.74, 6) is -1.13. The van der Waals surface area contributed by atoms with Crippen molar-refractivity contribution in [2.45, 2.75) is 6.17 Å². The fourth-order valence-corrected chi connectivity index (χ4v) is 2.59. The van der Waals surface area contributed by atoms with Crippen LogP contribution in [-0.2, 0) is 4.79 Å². The second kappa shape index (κ2) is 5.48. The van der Waals surface area contributed by atoms with Gasteiger partial charge in [0, 0.05) is 0 Å². The first kappa shape index (κ1) is 14.1. The highest BCUT2D eigenvalue weighted by molar-refractivity contribution is 6.02. The van der Waals surface area contributed by atoms with Crippen LogP contribution in [0, 0.1) is 5.82 Å². The number of nitrogens with one attached hydrogen (secondary N) is 1. The van der Waals surface area contributed by atoms with Gasteiger partial charge in [-0.3, -0.25) is 9.59 Å². The van der Waals surface area contributed by atoms with Crippen LogP contribution in [0.3, 0.4) is 0 Å². The number of nitrogens with zero attached hydrogens (tertiary/aromatic N) is 1. The molecule has 6 heteroatoms. The van der Waals surface area contributed by atoms with Gasteiger partial charge in [0.1, 0.15) is 12.0 Å². The Hall–Kier alpha value is -2.89. The molecule has 1 atom stereocenters. The molecule has 1 aliphatic rings. The van der Waals surface area contributed by atoms with Crippen LogP contribution < -0.4 is 16.0 Å². The predicted octanol–water partition coefficient (Wildman–Crippen LogP) is 1.56. The van der Waals surface area contributed by atoms with Gasteiger partial charge in [0.05, 0.1) is 17.8 Å². The summed E-state index contributed by atoms with van der Waals surface area (Å²) >= 11 is 0. The Morgan fingerprint density at radius 1 is 1.18 bits per heavy atom. The van der Waals surface area contributed by atoms with E-state index in [-0.39, 0.29) is 18.3 Å². The Kier molecular flexibility index (Phi) is 3.50. The minimum Gasteiger partial charge on any atom is -0.368 e. The standard InChI is InChI=1S/C16H14FN3O2/c17-11-7-5-10(6-8-11)15-19-16(22)12-3-1-2-4-13(12)20(15)9-14(18)21/h1-8,15H,9H2,(H2,18,21)(H,19,22). The van der Waals surface area contributed by atoms with Crippen molar-refractivity contribution in [1.29, 1.82) is 0 Å². The number of hydrogen-bond acceptors (Lipinski definition) is 3. The average Bonchev–Trinajstić information content (AvgIpc) is 2.51. The summed E-state index contributed by atoms with van der Waals surface area (Å²) < 4.78 is 13.1. The Labute approximate surface area is 126 Å². The number of fused-ring (bicyclic) bond motifs is 1. The highest BCUT2D eigenvalue weighted by atomic mass is 19.1. The number of carbonyl (C=O) groups excluding carboxylic acids is 2. The maximum Gasteiger partial charge on any atom is 0.255 e. The SMILES string of the molecule is NC(=O)CN1c2ccccc2C(=O)NC1c1ccc(F)cc1. The van der Waals surface area contributed by atoms with Gasteiger partial charge < -0.3 is 16.0 Å². The van der Waals surface area contributed by atoms with Crippen LogP contribution in [0.1, 0.15) is 22.1 Å². The molecule has 0 aromatic heterocycles. The maximum atomic E-state index is 13.1. The molecule has 22 heavy (non-hydrogen) atoms. The van der Waals surface area contributed by atoms with Crippen molar-refractivity contribution in [2.24, 2.45) is 5.73 Å². The number of carbonyl (C=O) groups is 2. The van der Waals surface area contributed by atoms with E-state index in [1.54, 1.807) is 41.3 Å². The molecule has 5 nitrogen and oxygen atoms in total. The van der Waals surface area contributed by atoms with Gasteiger partial charge in [-0.15, -0.1) is 0 Å². The van der Waals surface area contributed by atoms with Crippen LogP contribution in [0.4, 0.5) is 10.1 Å². The maximum absolute atomic E-state index is 13.1. The molecule has 0 aliphatic carbocycles. The number of anilines is 1. The van der Waals surface area contributed by atoms with Gasteiger partial charge in [-0.2, -0.15) is 0 Å². The number of benzene rings is 2. The molecule has 1 heterocycles. The zero-order valence-electron chi connectivity index (χ0n) is 11.6. The molecule has 0 saturated carbocycles. The topological polar surface area (TPSA) is 75.4 Å². The lowest BCUT2D eigenvalue weighted by atomic mass is 10.0. The van der Waals surface area contributed by atoms with E-state index in [1.807, 2.05) is 0 Å². The summed E-state index contributed by atoms with van der Waals surface area (Å²) in [4.78, 5) is 25.3. The van der Waals surface area contributed by atoms with Crippen molar-refractivity contribution in [1.82, 2.24) is 5.32 Å². The third-order valence-corrected chi connectivity index (χ3v) is 3.55. The Balaban J connectivity index is 2.07. The van der Waals surface area contributed by atoms with E-state index in [0.717, 1.165) is 0 Å². The number of halogens is 1. The average molecular weight is 299 g/mol. The molecule has 2 amide bonds. The third kappa shape index (κ3) is 2.50. The normalized spacial score (nSPS) is 16.9. The minimum absolute atomic E-state index is 0.0562. The molecule has 0 radical (unpaired) electrons. The largest absolute Gasteiger partial charge is 0.368 e. The molecule has 3 rings (SSSR count). The molecule has 1 aliphatic heterocycles. The van der Waals surface area contributed by atoms with Crippen molar-refractivity contribution < 1.29 is 14.0 Å². The molecule has 2 aromatic carbocycles. The molecule has 0 saturated heterocycles. The fraction of sp³-hybridized carbons (Fsp3) is 0.125. The molecule has 112 valence electrons. The summed E-state index contributed by atoms with van der Waals surface area (Å²) in [6.45, 7) is -0.0562. The van der Waals surface area contributed by atoms with Crippen LogP contribution >= 0.6 is 0 Å². The predicted molar refractivity (Wildman–Crippen MR) is 79.6 cm³/mol. The van der Waals surface area contributed by atoms with Crippen molar-refractivity contribution >= 4 is 17.5 Å². The van der Waals surface area contributed by atoms with Crippen molar-refractivity contribution in [2.75, 3.05) is 11.4 Å². The van der Waals surface area contributed by atoms with Gasteiger partial charge in [0.15, 0.2) is 0 Å². The van der Waals surface area contributed by atoms with Gasteiger partial charge in [-0.1, -0.05) is 24.3 Å². The van der Waals surface area contributed by atoms with E-state index in [1.165, 1.54) is 12.1 Å². The van der Waals surface area contributed by atoms with E-state index in [4.69, 9.17) is 5.73 Å². The van der Waals surface area contributed by atoms with E-state index in [0.29, 0.717) is 16.8 Å². The number of para-hydroxylation sites is 1. The lowest BCUT2D eigenvalue weighted by Gasteiger charge is -2.38. The number of primary amides is 1. The lowest BCUT2D eigenvalue weighted by molar-refractivity contribution is -0.116. The first-order valence-electron chi connectivity index (χ1n) is 6.76. The van der Waals surface area contributed by atoms with Crippen LogP contribution in [0.25, 0.3) is 0 Å². The van der Waals surface area contributed by atoms with Crippen LogP contribution in [0.2, 0.25) is 0 Å². The second-order valence-electron chi connectivity index (χ2n) is 5.04. The Morgan fingerprint density at radius 3 is 2.55 bits per heavy atom. The summed E-state index contributed by atoms with van der Waals surface area (Å²) in [6.07, 6.45) is -0.574. The Morgan fingerprint density at radius 2 is 1.86 bits per heavy atom. The number of hydrogen-bond donors (Lipinski definition) is 2.